The lowest BCUT2D eigenvalue weighted by molar-refractivity contribution is -0.176. The second kappa shape index (κ2) is 5.15. The lowest BCUT2D eigenvalue weighted by atomic mass is 9.68. The molecule has 0 N–H and O–H groups in total. The summed E-state index contributed by atoms with van der Waals surface area (Å²) >= 11 is 6.62. The number of hydrogen-bond acceptors (Lipinski definition) is 2. The number of rotatable bonds is 3. The molecule has 1 spiro atoms. The minimum absolute atomic E-state index is 0.120. The van der Waals surface area contributed by atoms with Gasteiger partial charge in [-0.3, -0.25) is 0 Å². The first-order chi connectivity index (χ1) is 8.43. The van der Waals surface area contributed by atoms with Gasteiger partial charge in [0.25, 0.3) is 0 Å². The van der Waals surface area contributed by atoms with Crippen molar-refractivity contribution in [1.82, 2.24) is 0 Å². The van der Waals surface area contributed by atoms with Gasteiger partial charge in [0.15, 0.2) is 5.79 Å². The molecular formula is C15H25ClO2. The lowest BCUT2D eigenvalue weighted by Crippen LogP contribution is -2.49. The molecule has 1 heterocycles. The predicted molar refractivity (Wildman–Crippen MR) is 74.9 cm³/mol. The quantitative estimate of drug-likeness (QED) is 0.564. The summed E-state index contributed by atoms with van der Waals surface area (Å²) < 4.78 is 11.7. The number of halogens is 1. The van der Waals surface area contributed by atoms with Crippen LogP contribution in [0.4, 0.5) is 0 Å². The highest BCUT2D eigenvalue weighted by Gasteiger charge is 2.52. The van der Waals surface area contributed by atoms with E-state index in [9.17, 15) is 0 Å². The van der Waals surface area contributed by atoms with Crippen molar-refractivity contribution in [2.45, 2.75) is 64.5 Å². The van der Waals surface area contributed by atoms with Crippen LogP contribution in [0.5, 0.6) is 0 Å². The zero-order chi connectivity index (χ0) is 13.4. The van der Waals surface area contributed by atoms with Crippen LogP contribution in [0, 0.1) is 5.41 Å². The summed E-state index contributed by atoms with van der Waals surface area (Å²) in [6.45, 7) is 10.3. The van der Waals surface area contributed by atoms with Crippen molar-refractivity contribution in [3.05, 3.63) is 11.1 Å². The summed E-state index contributed by atoms with van der Waals surface area (Å²) in [7, 11) is 0. The van der Waals surface area contributed by atoms with Crippen LogP contribution in [-0.4, -0.2) is 24.4 Å². The van der Waals surface area contributed by atoms with Gasteiger partial charge in [0, 0.05) is 6.42 Å². The van der Waals surface area contributed by atoms with Crippen molar-refractivity contribution in [1.29, 1.82) is 0 Å². The normalized spacial score (nSPS) is 30.2. The lowest BCUT2D eigenvalue weighted by Gasteiger charge is -2.46. The average Bonchev–Trinajstić information content (AvgIpc) is 2.75. The molecular weight excluding hydrogens is 248 g/mol. The molecule has 3 heteroatoms. The number of unbranched alkanes of at least 4 members (excludes halogenated alkanes) is 1. The van der Waals surface area contributed by atoms with Gasteiger partial charge in [0.2, 0.25) is 0 Å². The van der Waals surface area contributed by atoms with Crippen LogP contribution in [0.2, 0.25) is 0 Å². The van der Waals surface area contributed by atoms with Crippen molar-refractivity contribution in [2.24, 2.45) is 5.41 Å². The molecule has 1 aliphatic carbocycles. The summed E-state index contributed by atoms with van der Waals surface area (Å²) in [5, 5.41) is -0.139. The molecule has 2 aliphatic rings. The third kappa shape index (κ3) is 2.35. The Labute approximate surface area is 116 Å². The van der Waals surface area contributed by atoms with E-state index in [0.29, 0.717) is 13.2 Å². The Hall–Kier alpha value is -0.0500. The highest BCUT2D eigenvalue weighted by Crippen LogP contribution is 2.51. The summed E-state index contributed by atoms with van der Waals surface area (Å²) in [6.07, 6.45) is 4.46. The molecule has 1 fully saturated rings. The Balaban J connectivity index is 2.31. The average molecular weight is 273 g/mol. The zero-order valence-corrected chi connectivity index (χ0v) is 12.8. The second-order valence-electron chi connectivity index (χ2n) is 6.20. The minimum atomic E-state index is -0.579. The van der Waals surface area contributed by atoms with Crippen molar-refractivity contribution in [3.63, 3.8) is 0 Å². The van der Waals surface area contributed by atoms with E-state index in [1.54, 1.807) is 0 Å². The second-order valence-corrected chi connectivity index (χ2v) is 6.63. The molecule has 0 radical (unpaired) electrons. The van der Waals surface area contributed by atoms with E-state index in [1.807, 2.05) is 0 Å². The Morgan fingerprint density at radius 3 is 2.44 bits per heavy atom. The summed E-state index contributed by atoms with van der Waals surface area (Å²) in [4.78, 5) is 0. The van der Waals surface area contributed by atoms with Gasteiger partial charge in [-0.25, -0.2) is 0 Å². The van der Waals surface area contributed by atoms with Gasteiger partial charge in [-0.2, -0.15) is 0 Å². The molecule has 1 atom stereocenters. The first-order valence-corrected chi connectivity index (χ1v) is 7.49. The first-order valence-electron chi connectivity index (χ1n) is 7.05. The molecule has 1 aliphatic heterocycles. The molecule has 18 heavy (non-hydrogen) atoms. The molecule has 1 unspecified atom stereocenters. The number of allylic oxidation sites excluding steroid dienone is 1. The van der Waals surface area contributed by atoms with Gasteiger partial charge in [0.05, 0.1) is 13.2 Å². The van der Waals surface area contributed by atoms with Gasteiger partial charge in [0.1, 0.15) is 5.38 Å². The first kappa shape index (κ1) is 14.4. The highest BCUT2D eigenvalue weighted by molar-refractivity contribution is 6.23. The van der Waals surface area contributed by atoms with E-state index < -0.39 is 5.79 Å². The number of alkyl halides is 1. The third-order valence-corrected chi connectivity index (χ3v) is 4.96. The fourth-order valence-corrected chi connectivity index (χ4v) is 3.77. The van der Waals surface area contributed by atoms with E-state index >= 15 is 0 Å². The van der Waals surface area contributed by atoms with Gasteiger partial charge in [-0.15, -0.1) is 11.6 Å². The fourth-order valence-electron chi connectivity index (χ4n) is 3.44. The number of hydrogen-bond donors (Lipinski definition) is 0. The van der Waals surface area contributed by atoms with Crippen molar-refractivity contribution in [2.75, 3.05) is 13.2 Å². The van der Waals surface area contributed by atoms with Crippen molar-refractivity contribution < 1.29 is 9.47 Å². The standard InChI is InChI=1S/C15H25ClO2/c1-5-6-7-12-11(2)13(16)15(10-14(12,3)4)17-8-9-18-15/h13H,5-10H2,1-4H3. The Morgan fingerprint density at radius 2 is 1.89 bits per heavy atom. The minimum Gasteiger partial charge on any atom is -0.346 e. The molecule has 0 saturated carbocycles. The Morgan fingerprint density at radius 1 is 1.28 bits per heavy atom. The van der Waals surface area contributed by atoms with E-state index in [1.165, 1.54) is 24.0 Å². The third-order valence-electron chi connectivity index (χ3n) is 4.30. The van der Waals surface area contributed by atoms with Gasteiger partial charge in [-0.1, -0.05) is 38.3 Å². The van der Waals surface area contributed by atoms with Gasteiger partial charge < -0.3 is 9.47 Å². The van der Waals surface area contributed by atoms with Crippen LogP contribution in [0.25, 0.3) is 0 Å². The van der Waals surface area contributed by atoms with Gasteiger partial charge >= 0.3 is 0 Å². The molecule has 0 aromatic heterocycles. The molecule has 0 amide bonds. The SMILES string of the molecule is CCCCC1=C(C)C(Cl)C2(CC1(C)C)OCCO2. The Kier molecular flexibility index (Phi) is 4.10. The maximum atomic E-state index is 6.62. The molecule has 1 saturated heterocycles. The monoisotopic (exact) mass is 272 g/mol. The van der Waals surface area contributed by atoms with E-state index in [0.717, 1.165) is 12.8 Å². The van der Waals surface area contributed by atoms with E-state index in [4.69, 9.17) is 21.1 Å². The van der Waals surface area contributed by atoms with Crippen LogP contribution < -0.4 is 0 Å². The molecule has 0 aromatic carbocycles. The van der Waals surface area contributed by atoms with Crippen LogP contribution in [0.15, 0.2) is 11.1 Å². The molecule has 2 rings (SSSR count). The van der Waals surface area contributed by atoms with Crippen LogP contribution >= 0.6 is 11.6 Å². The van der Waals surface area contributed by atoms with Crippen LogP contribution in [0.3, 0.4) is 0 Å². The maximum absolute atomic E-state index is 6.62. The molecule has 0 bridgehead atoms. The smallest absolute Gasteiger partial charge is 0.189 e. The molecule has 0 aromatic rings. The van der Waals surface area contributed by atoms with Crippen molar-refractivity contribution >= 4 is 11.6 Å². The van der Waals surface area contributed by atoms with Gasteiger partial charge in [-0.05, 0) is 25.2 Å². The largest absolute Gasteiger partial charge is 0.346 e. The Bertz CT molecular complexity index is 340. The van der Waals surface area contributed by atoms with E-state index in [-0.39, 0.29) is 10.8 Å². The topological polar surface area (TPSA) is 18.5 Å². The summed E-state index contributed by atoms with van der Waals surface area (Å²) in [6, 6.07) is 0. The van der Waals surface area contributed by atoms with Crippen molar-refractivity contribution in [3.8, 4) is 0 Å². The highest BCUT2D eigenvalue weighted by atomic mass is 35.5. The zero-order valence-electron chi connectivity index (χ0n) is 12.0. The number of ether oxygens (including phenoxy) is 2. The molecule has 104 valence electrons. The van der Waals surface area contributed by atoms with Crippen LogP contribution in [-0.2, 0) is 9.47 Å². The maximum Gasteiger partial charge on any atom is 0.189 e. The van der Waals surface area contributed by atoms with Crippen LogP contribution in [0.1, 0.15) is 53.4 Å². The predicted octanol–water partition coefficient (Wildman–Crippen LogP) is 4.27. The molecule has 2 nitrogen and oxygen atoms in total. The fraction of sp³-hybridized carbons (Fsp3) is 0.867. The van der Waals surface area contributed by atoms with E-state index in [2.05, 4.69) is 27.7 Å². The summed E-state index contributed by atoms with van der Waals surface area (Å²) in [5.41, 5.74) is 2.90. The summed E-state index contributed by atoms with van der Waals surface area (Å²) in [5.74, 6) is -0.579.